The third-order valence-corrected chi connectivity index (χ3v) is 2.41. The smallest absolute Gasteiger partial charge is 0.319 e. The highest BCUT2D eigenvalue weighted by molar-refractivity contribution is 5.85. The van der Waals surface area contributed by atoms with Crippen molar-refractivity contribution in [3.8, 4) is 0 Å². The van der Waals surface area contributed by atoms with Crippen molar-refractivity contribution in [3.63, 3.8) is 0 Å². The van der Waals surface area contributed by atoms with Crippen LogP contribution < -0.4 is 5.32 Å². The Morgan fingerprint density at radius 2 is 1.74 bits per heavy atom. The van der Waals surface area contributed by atoms with E-state index < -0.39 is 5.97 Å². The van der Waals surface area contributed by atoms with Crippen molar-refractivity contribution in [1.29, 1.82) is 0 Å². The van der Waals surface area contributed by atoms with Gasteiger partial charge in [0.05, 0.1) is 26.7 Å². The largest absolute Gasteiger partial charge is 0.468 e. The van der Waals surface area contributed by atoms with E-state index in [0.717, 1.165) is 6.42 Å². The van der Waals surface area contributed by atoms with Gasteiger partial charge in [-0.3, -0.25) is 19.3 Å². The fourth-order valence-corrected chi connectivity index (χ4v) is 1.32. The Hall–Kier alpha value is -1.63. The van der Waals surface area contributed by atoms with Crippen LogP contribution in [-0.2, 0) is 19.1 Å². The molecular weight excluding hydrogens is 250 g/mol. The molecule has 0 aliphatic heterocycles. The second-order valence-corrected chi connectivity index (χ2v) is 4.35. The van der Waals surface area contributed by atoms with Crippen molar-refractivity contribution in [3.05, 3.63) is 0 Å². The number of amides is 2. The first-order chi connectivity index (χ1) is 8.90. The molecule has 2 amide bonds. The number of nitrogens with one attached hydrogen (secondary N) is 1. The summed E-state index contributed by atoms with van der Waals surface area (Å²) in [4.78, 5) is 37.1. The van der Waals surface area contributed by atoms with Gasteiger partial charge in [0, 0.05) is 13.6 Å². The van der Waals surface area contributed by atoms with E-state index in [1.165, 1.54) is 16.9 Å². The standard InChI is InChI=1S/C12H23N3O4/c1-5-6-13-10(16)7-15(3)11(17)8-14(2)9-12(18)19-4/h5-9H2,1-4H3,(H,13,16). The Labute approximate surface area is 113 Å². The molecule has 0 aliphatic rings. The van der Waals surface area contributed by atoms with Crippen LogP contribution in [0.3, 0.4) is 0 Å². The van der Waals surface area contributed by atoms with E-state index in [2.05, 4.69) is 10.1 Å². The van der Waals surface area contributed by atoms with Crippen molar-refractivity contribution < 1.29 is 19.1 Å². The number of carbonyl (C=O) groups excluding carboxylic acids is 3. The maximum absolute atomic E-state index is 11.8. The van der Waals surface area contributed by atoms with Gasteiger partial charge >= 0.3 is 5.97 Å². The van der Waals surface area contributed by atoms with E-state index in [0.29, 0.717) is 6.54 Å². The number of nitrogens with zero attached hydrogens (tertiary/aromatic N) is 2. The summed E-state index contributed by atoms with van der Waals surface area (Å²) in [6.07, 6.45) is 0.852. The number of likely N-dealkylation sites (N-methyl/N-ethyl adjacent to an activating group) is 2. The summed E-state index contributed by atoms with van der Waals surface area (Å²) in [5.41, 5.74) is 0. The Balaban J connectivity index is 4.05. The lowest BCUT2D eigenvalue weighted by Crippen LogP contribution is -2.43. The highest BCUT2D eigenvalue weighted by Crippen LogP contribution is 1.91. The summed E-state index contributed by atoms with van der Waals surface area (Å²) in [5, 5.41) is 2.69. The Morgan fingerprint density at radius 3 is 2.26 bits per heavy atom. The van der Waals surface area contributed by atoms with Crippen molar-refractivity contribution >= 4 is 17.8 Å². The number of carbonyl (C=O) groups is 3. The van der Waals surface area contributed by atoms with Crippen LogP contribution in [0.15, 0.2) is 0 Å². The van der Waals surface area contributed by atoms with Crippen LogP contribution in [0.25, 0.3) is 0 Å². The fraction of sp³-hybridized carbons (Fsp3) is 0.750. The van der Waals surface area contributed by atoms with Gasteiger partial charge in [-0.05, 0) is 13.5 Å². The van der Waals surface area contributed by atoms with E-state index in [9.17, 15) is 14.4 Å². The maximum Gasteiger partial charge on any atom is 0.319 e. The van der Waals surface area contributed by atoms with Crippen LogP contribution in [0.2, 0.25) is 0 Å². The maximum atomic E-state index is 11.8. The molecule has 0 unspecified atom stereocenters. The molecule has 0 radical (unpaired) electrons. The van der Waals surface area contributed by atoms with Crippen LogP contribution in [0.5, 0.6) is 0 Å². The molecule has 0 atom stereocenters. The first-order valence-electron chi connectivity index (χ1n) is 6.16. The van der Waals surface area contributed by atoms with Crippen molar-refractivity contribution in [1.82, 2.24) is 15.1 Å². The number of rotatable bonds is 8. The summed E-state index contributed by atoms with van der Waals surface area (Å²) >= 11 is 0. The van der Waals surface area contributed by atoms with Gasteiger partial charge in [-0.2, -0.15) is 0 Å². The molecule has 19 heavy (non-hydrogen) atoms. The summed E-state index contributed by atoms with van der Waals surface area (Å²) in [6, 6.07) is 0. The lowest BCUT2D eigenvalue weighted by atomic mass is 10.4. The van der Waals surface area contributed by atoms with Gasteiger partial charge in [-0.1, -0.05) is 6.92 Å². The summed E-state index contributed by atoms with van der Waals surface area (Å²) < 4.78 is 4.50. The molecule has 0 bridgehead atoms. The average Bonchev–Trinajstić information content (AvgIpc) is 2.35. The van der Waals surface area contributed by atoms with E-state index in [1.54, 1.807) is 14.1 Å². The zero-order valence-electron chi connectivity index (χ0n) is 12.1. The number of hydrogen-bond donors (Lipinski definition) is 1. The third-order valence-electron chi connectivity index (χ3n) is 2.41. The fourth-order valence-electron chi connectivity index (χ4n) is 1.32. The third kappa shape index (κ3) is 8.15. The topological polar surface area (TPSA) is 79.0 Å². The van der Waals surface area contributed by atoms with Crippen LogP contribution >= 0.6 is 0 Å². The predicted molar refractivity (Wildman–Crippen MR) is 70.5 cm³/mol. The molecule has 0 saturated carbocycles. The van der Waals surface area contributed by atoms with Gasteiger partial charge in [-0.15, -0.1) is 0 Å². The van der Waals surface area contributed by atoms with E-state index >= 15 is 0 Å². The number of methoxy groups -OCH3 is 1. The van der Waals surface area contributed by atoms with Gasteiger partial charge in [0.15, 0.2) is 0 Å². The molecule has 0 rings (SSSR count). The molecular formula is C12H23N3O4. The van der Waals surface area contributed by atoms with E-state index in [-0.39, 0.29) is 31.4 Å². The highest BCUT2D eigenvalue weighted by atomic mass is 16.5. The Kier molecular flexibility index (Phi) is 8.52. The second kappa shape index (κ2) is 9.32. The van der Waals surface area contributed by atoms with E-state index in [1.807, 2.05) is 6.92 Å². The molecule has 1 N–H and O–H groups in total. The van der Waals surface area contributed by atoms with Crippen LogP contribution in [-0.4, -0.2) is 75.0 Å². The SMILES string of the molecule is CCCNC(=O)CN(C)C(=O)CN(C)CC(=O)OC. The molecule has 110 valence electrons. The summed E-state index contributed by atoms with van der Waals surface area (Å²) in [5.74, 6) is -0.815. The lowest BCUT2D eigenvalue weighted by Gasteiger charge is -2.20. The Morgan fingerprint density at radius 1 is 1.11 bits per heavy atom. The highest BCUT2D eigenvalue weighted by Gasteiger charge is 2.16. The minimum absolute atomic E-state index is 0.0187. The monoisotopic (exact) mass is 273 g/mol. The number of ether oxygens (including phenoxy) is 1. The molecule has 7 heteroatoms. The molecule has 0 saturated heterocycles. The molecule has 0 fully saturated rings. The van der Waals surface area contributed by atoms with Crippen molar-refractivity contribution in [2.45, 2.75) is 13.3 Å². The molecule has 0 heterocycles. The first-order valence-corrected chi connectivity index (χ1v) is 6.16. The van der Waals surface area contributed by atoms with Gasteiger partial charge in [0.25, 0.3) is 0 Å². The number of hydrogen-bond acceptors (Lipinski definition) is 5. The van der Waals surface area contributed by atoms with E-state index in [4.69, 9.17) is 0 Å². The summed E-state index contributed by atoms with van der Waals surface area (Å²) in [6.45, 7) is 2.68. The van der Waals surface area contributed by atoms with Gasteiger partial charge in [0.1, 0.15) is 0 Å². The second-order valence-electron chi connectivity index (χ2n) is 4.35. The van der Waals surface area contributed by atoms with Crippen molar-refractivity contribution in [2.24, 2.45) is 0 Å². The van der Waals surface area contributed by atoms with Crippen LogP contribution in [0.4, 0.5) is 0 Å². The Bertz CT molecular complexity index is 320. The molecule has 0 aromatic carbocycles. The zero-order valence-corrected chi connectivity index (χ0v) is 12.1. The summed E-state index contributed by atoms with van der Waals surface area (Å²) in [7, 11) is 4.49. The first kappa shape index (κ1) is 17.4. The quantitative estimate of drug-likeness (QED) is 0.578. The van der Waals surface area contributed by atoms with Crippen LogP contribution in [0, 0.1) is 0 Å². The molecule has 7 nitrogen and oxygen atoms in total. The van der Waals surface area contributed by atoms with Gasteiger partial charge in [0.2, 0.25) is 11.8 Å². The molecule has 0 aromatic rings. The number of esters is 1. The van der Waals surface area contributed by atoms with Crippen molar-refractivity contribution in [2.75, 3.05) is 47.4 Å². The minimum atomic E-state index is -0.404. The molecule has 0 spiro atoms. The predicted octanol–water partition coefficient (Wildman–Crippen LogP) is -0.924. The lowest BCUT2D eigenvalue weighted by molar-refractivity contribution is -0.142. The zero-order chi connectivity index (χ0) is 14.8. The van der Waals surface area contributed by atoms with Crippen LogP contribution in [0.1, 0.15) is 13.3 Å². The van der Waals surface area contributed by atoms with Gasteiger partial charge < -0.3 is 15.0 Å². The molecule has 0 aliphatic carbocycles. The molecule has 0 aromatic heterocycles. The average molecular weight is 273 g/mol. The minimum Gasteiger partial charge on any atom is -0.468 e. The normalized spacial score (nSPS) is 10.2. The van der Waals surface area contributed by atoms with Gasteiger partial charge in [-0.25, -0.2) is 0 Å².